The summed E-state index contributed by atoms with van der Waals surface area (Å²) in [7, 11) is 1.50. The molecule has 0 aliphatic carbocycles. The Labute approximate surface area is 61.9 Å². The van der Waals surface area contributed by atoms with E-state index in [1.807, 2.05) is 0 Å². The molecule has 0 saturated carbocycles. The Hall–Kier alpha value is -0.830. The summed E-state index contributed by atoms with van der Waals surface area (Å²) < 4.78 is 4.56. The zero-order valence-electron chi connectivity index (χ0n) is 6.81. The van der Waals surface area contributed by atoms with E-state index < -0.39 is 0 Å². The smallest absolute Gasteiger partial charge is 0.333 e. The van der Waals surface area contributed by atoms with Crippen molar-refractivity contribution in [2.24, 2.45) is 5.73 Å². The molecule has 3 nitrogen and oxygen atoms in total. The summed E-state index contributed by atoms with van der Waals surface area (Å²) in [5.41, 5.74) is 4.95. The number of rotatable bonds is 2. The van der Waals surface area contributed by atoms with Gasteiger partial charge in [0.1, 0.15) is 0 Å². The lowest BCUT2D eigenvalue weighted by atomic mass is 10.4. The van der Waals surface area contributed by atoms with E-state index in [1.54, 1.807) is 13.8 Å². The number of nitrogens with two attached hydrogens (primary N) is 1. The summed E-state index contributed by atoms with van der Waals surface area (Å²) in [5, 5.41) is 0. The molecule has 0 bridgehead atoms. The number of hydrogen-bond donors (Lipinski definition) is 1. The molecule has 60 valence electrons. The molecule has 0 spiro atoms. The summed E-state index contributed by atoms with van der Waals surface area (Å²) in [6.07, 6.45) is 0. The van der Waals surface area contributed by atoms with Crippen LogP contribution in [0.4, 0.5) is 0 Å². The van der Waals surface area contributed by atoms with E-state index in [4.69, 9.17) is 0 Å². The highest BCUT2D eigenvalue weighted by atomic mass is 16.5. The van der Waals surface area contributed by atoms with Gasteiger partial charge in [-0.15, -0.1) is 0 Å². The van der Waals surface area contributed by atoms with E-state index in [0.717, 1.165) is 0 Å². The third-order valence-electron chi connectivity index (χ3n) is 0.624. The average Bonchev–Trinajstić information content (AvgIpc) is 1.93. The minimum atomic E-state index is -0.312. The van der Waals surface area contributed by atoms with Gasteiger partial charge in [-0.25, -0.2) is 4.79 Å². The number of carbonyl (C=O) groups is 1. The molecule has 0 aromatic rings. The molecule has 2 N–H and O–H groups in total. The van der Waals surface area contributed by atoms with Gasteiger partial charge >= 0.3 is 5.97 Å². The highest BCUT2D eigenvalue weighted by Gasteiger charge is 1.98. The molecule has 0 heterocycles. The van der Waals surface area contributed by atoms with Gasteiger partial charge in [-0.1, -0.05) is 6.58 Å². The molecule has 0 amide bonds. The van der Waals surface area contributed by atoms with Gasteiger partial charge in [0.2, 0.25) is 0 Å². The van der Waals surface area contributed by atoms with Crippen LogP contribution in [0.1, 0.15) is 13.8 Å². The van der Waals surface area contributed by atoms with Crippen molar-refractivity contribution in [3.8, 4) is 0 Å². The Morgan fingerprint density at radius 2 is 2.00 bits per heavy atom. The molecule has 0 aliphatic heterocycles. The molecule has 0 radical (unpaired) electrons. The first-order valence-electron chi connectivity index (χ1n) is 3.08. The molecule has 0 aromatic heterocycles. The third kappa shape index (κ3) is 7.17. The number of esters is 1. The van der Waals surface area contributed by atoms with E-state index in [1.165, 1.54) is 7.05 Å². The molecule has 0 aromatic carbocycles. The number of carbonyl (C=O) groups excluding carboxylic acids is 1. The van der Waals surface area contributed by atoms with Crippen LogP contribution in [-0.2, 0) is 9.53 Å². The first kappa shape index (κ1) is 11.9. The van der Waals surface area contributed by atoms with Crippen LogP contribution < -0.4 is 5.73 Å². The van der Waals surface area contributed by atoms with Crippen LogP contribution in [0.3, 0.4) is 0 Å². The third-order valence-corrected chi connectivity index (χ3v) is 0.624. The number of hydrogen-bond acceptors (Lipinski definition) is 3. The van der Waals surface area contributed by atoms with Gasteiger partial charge in [0.15, 0.2) is 0 Å². The highest BCUT2D eigenvalue weighted by Crippen LogP contribution is 1.89. The van der Waals surface area contributed by atoms with Crippen molar-refractivity contribution < 1.29 is 9.53 Å². The maximum atomic E-state index is 10.4. The van der Waals surface area contributed by atoms with Crippen LogP contribution in [0, 0.1) is 0 Å². The number of ether oxygens (including phenoxy) is 1. The topological polar surface area (TPSA) is 52.3 Å². The van der Waals surface area contributed by atoms with Crippen LogP contribution in [0.25, 0.3) is 0 Å². The summed E-state index contributed by atoms with van der Waals surface area (Å²) in [5.74, 6) is -0.312. The lowest BCUT2D eigenvalue weighted by molar-refractivity contribution is -0.138. The molecule has 0 saturated heterocycles. The molecule has 0 fully saturated rings. The predicted molar refractivity (Wildman–Crippen MR) is 41.6 cm³/mol. The Kier molecular flexibility index (Phi) is 9.73. The van der Waals surface area contributed by atoms with Crippen molar-refractivity contribution >= 4 is 5.97 Å². The van der Waals surface area contributed by atoms with E-state index in [2.05, 4.69) is 17.0 Å². The van der Waals surface area contributed by atoms with E-state index >= 15 is 0 Å². The summed E-state index contributed by atoms with van der Waals surface area (Å²) in [6, 6.07) is 0. The zero-order chi connectivity index (χ0) is 8.57. The van der Waals surface area contributed by atoms with Crippen molar-refractivity contribution in [3.05, 3.63) is 12.2 Å². The van der Waals surface area contributed by atoms with Gasteiger partial charge in [-0.3, -0.25) is 0 Å². The molecule has 3 heteroatoms. The fraction of sp³-hybridized carbons (Fsp3) is 0.571. The van der Waals surface area contributed by atoms with E-state index in [9.17, 15) is 4.79 Å². The Bertz CT molecular complexity index is 110. The van der Waals surface area contributed by atoms with E-state index in [0.29, 0.717) is 12.2 Å². The van der Waals surface area contributed by atoms with Crippen LogP contribution in [0.15, 0.2) is 12.2 Å². The van der Waals surface area contributed by atoms with Crippen LogP contribution in [0.2, 0.25) is 0 Å². The average molecular weight is 145 g/mol. The van der Waals surface area contributed by atoms with Crippen molar-refractivity contribution in [2.45, 2.75) is 13.8 Å². The van der Waals surface area contributed by atoms with Crippen LogP contribution >= 0.6 is 0 Å². The second kappa shape index (κ2) is 8.17. The summed E-state index contributed by atoms with van der Waals surface area (Å²) in [4.78, 5) is 10.4. The minimum Gasteiger partial charge on any atom is -0.463 e. The van der Waals surface area contributed by atoms with Gasteiger partial charge in [-0.2, -0.15) is 0 Å². The second-order valence-electron chi connectivity index (χ2n) is 1.50. The highest BCUT2D eigenvalue weighted by molar-refractivity contribution is 5.86. The van der Waals surface area contributed by atoms with Crippen molar-refractivity contribution in [2.75, 3.05) is 13.7 Å². The molecule has 0 aliphatic rings. The second-order valence-corrected chi connectivity index (χ2v) is 1.50. The molecule has 0 atom stereocenters. The Balaban J connectivity index is 0. The zero-order valence-corrected chi connectivity index (χ0v) is 6.81. The Morgan fingerprint density at radius 1 is 1.60 bits per heavy atom. The fourth-order valence-electron chi connectivity index (χ4n) is 0.254. The quantitative estimate of drug-likeness (QED) is 0.459. The lowest BCUT2D eigenvalue weighted by Gasteiger charge is -1.96. The normalized spacial score (nSPS) is 7.20. The van der Waals surface area contributed by atoms with Gasteiger partial charge in [-0.05, 0) is 20.9 Å². The minimum absolute atomic E-state index is 0.312. The summed E-state index contributed by atoms with van der Waals surface area (Å²) >= 11 is 0. The first-order chi connectivity index (χ1) is 4.68. The predicted octanol–water partition coefficient (Wildman–Crippen LogP) is 0.701. The standard InChI is InChI=1S/C6H10O2.CH5N/c1-4-8-6(7)5(2)3;1-2/h2,4H2,1,3H3;2H2,1H3. The van der Waals surface area contributed by atoms with Gasteiger partial charge in [0, 0.05) is 5.57 Å². The SMILES string of the molecule is C=C(C)C(=O)OCC.CN. The van der Waals surface area contributed by atoms with E-state index in [-0.39, 0.29) is 5.97 Å². The van der Waals surface area contributed by atoms with Gasteiger partial charge < -0.3 is 10.5 Å². The largest absolute Gasteiger partial charge is 0.463 e. The molecule has 0 unspecified atom stereocenters. The maximum Gasteiger partial charge on any atom is 0.333 e. The van der Waals surface area contributed by atoms with Crippen LogP contribution in [-0.4, -0.2) is 19.6 Å². The molecule has 10 heavy (non-hydrogen) atoms. The van der Waals surface area contributed by atoms with Gasteiger partial charge in [0.25, 0.3) is 0 Å². The summed E-state index contributed by atoms with van der Waals surface area (Å²) in [6.45, 7) is 7.21. The lowest BCUT2D eigenvalue weighted by Crippen LogP contribution is -2.03. The Morgan fingerprint density at radius 3 is 2.10 bits per heavy atom. The fourth-order valence-corrected chi connectivity index (χ4v) is 0.254. The molecule has 0 rings (SSSR count). The first-order valence-corrected chi connectivity index (χ1v) is 3.08. The maximum absolute atomic E-state index is 10.4. The van der Waals surface area contributed by atoms with Crippen molar-refractivity contribution in [1.29, 1.82) is 0 Å². The van der Waals surface area contributed by atoms with Crippen molar-refractivity contribution in [1.82, 2.24) is 0 Å². The monoisotopic (exact) mass is 145 g/mol. The molecular formula is C7H15NO2. The van der Waals surface area contributed by atoms with Gasteiger partial charge in [0.05, 0.1) is 6.61 Å². The van der Waals surface area contributed by atoms with Crippen LogP contribution in [0.5, 0.6) is 0 Å². The van der Waals surface area contributed by atoms with Crippen molar-refractivity contribution in [3.63, 3.8) is 0 Å². The molecular weight excluding hydrogens is 130 g/mol.